The lowest BCUT2D eigenvalue weighted by atomic mass is 10.2. The Morgan fingerprint density at radius 1 is 1.31 bits per heavy atom. The topological polar surface area (TPSA) is 45.1 Å². The molecule has 26 heavy (non-hydrogen) atoms. The number of benzene rings is 1. The summed E-state index contributed by atoms with van der Waals surface area (Å²) in [7, 11) is 2.13. The minimum Gasteiger partial charge on any atom is -0.334 e. The molecule has 0 bridgehead atoms. The number of rotatable bonds is 4. The standard InChI is InChI=1S/C18H20ClN3O2S2/c1-20-8-10-21(11-9-20)16(23)6-7-22-17(24)15(26-18(22)25)12-13-2-4-14(19)5-3-13/h2-5,12H,6-11H2,1H3/p+1/b15-12+. The van der Waals surface area contributed by atoms with Gasteiger partial charge in [-0.25, -0.2) is 0 Å². The van der Waals surface area contributed by atoms with Crippen molar-refractivity contribution in [1.82, 2.24) is 9.80 Å². The number of nitrogens with zero attached hydrogens (tertiary/aromatic N) is 2. The smallest absolute Gasteiger partial charge is 0.266 e. The number of hydrogen-bond donors (Lipinski definition) is 1. The third-order valence-electron chi connectivity index (χ3n) is 4.56. The molecule has 0 radical (unpaired) electrons. The molecule has 1 aromatic rings. The normalized spacial score (nSPS) is 20.3. The van der Waals surface area contributed by atoms with Crippen LogP contribution in [0.3, 0.4) is 0 Å². The van der Waals surface area contributed by atoms with Crippen molar-refractivity contribution in [3.63, 3.8) is 0 Å². The Balaban J connectivity index is 1.59. The third-order valence-corrected chi connectivity index (χ3v) is 6.19. The lowest BCUT2D eigenvalue weighted by molar-refractivity contribution is -0.883. The predicted octanol–water partition coefficient (Wildman–Crippen LogP) is 1.29. The van der Waals surface area contributed by atoms with Crippen LogP contribution in [0.1, 0.15) is 12.0 Å². The molecule has 2 aliphatic rings. The molecular formula is C18H21ClN3O2S2+. The molecule has 0 spiro atoms. The molecule has 0 saturated carbocycles. The highest BCUT2D eigenvalue weighted by Gasteiger charge is 2.32. The van der Waals surface area contributed by atoms with Crippen molar-refractivity contribution in [1.29, 1.82) is 0 Å². The number of amides is 2. The first-order chi connectivity index (χ1) is 12.4. The molecule has 0 unspecified atom stereocenters. The summed E-state index contributed by atoms with van der Waals surface area (Å²) in [6.45, 7) is 3.83. The van der Waals surface area contributed by atoms with E-state index >= 15 is 0 Å². The van der Waals surface area contributed by atoms with E-state index in [1.54, 1.807) is 18.2 Å². The van der Waals surface area contributed by atoms with Gasteiger partial charge in [-0.15, -0.1) is 0 Å². The summed E-state index contributed by atoms with van der Waals surface area (Å²) in [4.78, 5) is 30.4. The number of thiocarbonyl (C=S) groups is 1. The Bertz CT molecular complexity index is 743. The van der Waals surface area contributed by atoms with E-state index in [1.165, 1.54) is 21.6 Å². The van der Waals surface area contributed by atoms with Crippen LogP contribution in [0.2, 0.25) is 5.02 Å². The fourth-order valence-corrected chi connectivity index (χ4v) is 4.34. The van der Waals surface area contributed by atoms with Crippen LogP contribution in [0.15, 0.2) is 29.2 Å². The lowest BCUT2D eigenvalue weighted by Crippen LogP contribution is -3.12. The van der Waals surface area contributed by atoms with Gasteiger partial charge in [-0.2, -0.15) is 0 Å². The van der Waals surface area contributed by atoms with Gasteiger partial charge in [-0.1, -0.05) is 47.7 Å². The molecule has 2 fully saturated rings. The van der Waals surface area contributed by atoms with Crippen LogP contribution >= 0.6 is 35.6 Å². The van der Waals surface area contributed by atoms with Gasteiger partial charge in [-0.05, 0) is 23.8 Å². The van der Waals surface area contributed by atoms with Crippen molar-refractivity contribution in [2.24, 2.45) is 0 Å². The van der Waals surface area contributed by atoms with Gasteiger partial charge < -0.3 is 9.80 Å². The number of halogens is 1. The van der Waals surface area contributed by atoms with Crippen LogP contribution in [0.4, 0.5) is 0 Å². The van der Waals surface area contributed by atoms with E-state index in [1.807, 2.05) is 17.0 Å². The van der Waals surface area contributed by atoms with Gasteiger partial charge in [0.25, 0.3) is 5.91 Å². The Morgan fingerprint density at radius 2 is 1.96 bits per heavy atom. The van der Waals surface area contributed by atoms with Gasteiger partial charge in [0.05, 0.1) is 38.1 Å². The van der Waals surface area contributed by atoms with Crippen molar-refractivity contribution in [3.8, 4) is 0 Å². The zero-order valence-electron chi connectivity index (χ0n) is 14.5. The summed E-state index contributed by atoms with van der Waals surface area (Å²) >= 11 is 12.5. The molecule has 1 aromatic carbocycles. The maximum absolute atomic E-state index is 12.6. The van der Waals surface area contributed by atoms with Gasteiger partial charge in [0.15, 0.2) is 0 Å². The van der Waals surface area contributed by atoms with Crippen molar-refractivity contribution < 1.29 is 14.5 Å². The molecule has 138 valence electrons. The molecule has 5 nitrogen and oxygen atoms in total. The summed E-state index contributed by atoms with van der Waals surface area (Å²) in [5.74, 6) is -0.0428. The van der Waals surface area contributed by atoms with Crippen LogP contribution in [-0.2, 0) is 9.59 Å². The molecule has 2 heterocycles. The van der Waals surface area contributed by atoms with Crippen molar-refractivity contribution in [2.75, 3.05) is 39.8 Å². The van der Waals surface area contributed by atoms with Crippen molar-refractivity contribution in [3.05, 3.63) is 39.8 Å². The zero-order valence-corrected chi connectivity index (χ0v) is 16.9. The molecule has 8 heteroatoms. The summed E-state index contributed by atoms with van der Waals surface area (Å²) in [5, 5.41) is 0.652. The highest BCUT2D eigenvalue weighted by molar-refractivity contribution is 8.26. The van der Waals surface area contributed by atoms with Gasteiger partial charge in [0.1, 0.15) is 4.32 Å². The molecule has 0 aromatic heterocycles. The minimum atomic E-state index is -0.134. The molecule has 2 aliphatic heterocycles. The van der Waals surface area contributed by atoms with Crippen LogP contribution in [0.5, 0.6) is 0 Å². The number of quaternary nitrogens is 1. The SMILES string of the molecule is C[NH+]1CCN(C(=O)CCN2C(=O)/C(=C\c3ccc(Cl)cc3)SC2=S)CC1. The van der Waals surface area contributed by atoms with Gasteiger partial charge >= 0.3 is 0 Å². The fraction of sp³-hybridized carbons (Fsp3) is 0.389. The quantitative estimate of drug-likeness (QED) is 0.600. The van der Waals surface area contributed by atoms with E-state index in [0.29, 0.717) is 27.2 Å². The van der Waals surface area contributed by atoms with Crippen LogP contribution < -0.4 is 4.90 Å². The van der Waals surface area contributed by atoms with Crippen LogP contribution in [0.25, 0.3) is 6.08 Å². The first-order valence-electron chi connectivity index (χ1n) is 8.54. The molecule has 2 amide bonds. The maximum Gasteiger partial charge on any atom is 0.266 e. The van der Waals surface area contributed by atoms with Crippen molar-refractivity contribution >= 4 is 57.8 Å². The summed E-state index contributed by atoms with van der Waals surface area (Å²) < 4.78 is 0.505. The average molecular weight is 411 g/mol. The number of piperazine rings is 1. The maximum atomic E-state index is 12.6. The Hall–Kier alpha value is -1.41. The Kier molecular flexibility index (Phi) is 6.34. The average Bonchev–Trinajstić information content (AvgIpc) is 2.89. The lowest BCUT2D eigenvalue weighted by Gasteiger charge is -2.30. The van der Waals surface area contributed by atoms with Gasteiger partial charge in [0.2, 0.25) is 5.91 Å². The summed E-state index contributed by atoms with van der Waals surface area (Å²) in [5.41, 5.74) is 0.894. The molecule has 3 rings (SSSR count). The molecule has 1 N–H and O–H groups in total. The largest absolute Gasteiger partial charge is 0.334 e. The number of carbonyl (C=O) groups excluding carboxylic acids is 2. The number of carbonyl (C=O) groups is 2. The van der Waals surface area contributed by atoms with E-state index in [4.69, 9.17) is 23.8 Å². The second kappa shape index (κ2) is 8.52. The molecule has 2 saturated heterocycles. The highest BCUT2D eigenvalue weighted by atomic mass is 35.5. The number of hydrogen-bond acceptors (Lipinski definition) is 4. The second-order valence-corrected chi connectivity index (χ2v) is 8.58. The fourth-order valence-electron chi connectivity index (χ4n) is 2.91. The van der Waals surface area contributed by atoms with Gasteiger partial charge in [-0.3, -0.25) is 14.5 Å². The Labute approximate surface area is 167 Å². The second-order valence-electron chi connectivity index (χ2n) is 6.47. The first-order valence-corrected chi connectivity index (χ1v) is 10.1. The first kappa shape index (κ1) is 19.4. The Morgan fingerprint density at radius 3 is 2.62 bits per heavy atom. The monoisotopic (exact) mass is 410 g/mol. The predicted molar refractivity (Wildman–Crippen MR) is 109 cm³/mol. The number of nitrogens with one attached hydrogen (secondary N) is 1. The van der Waals surface area contributed by atoms with Crippen molar-refractivity contribution in [2.45, 2.75) is 6.42 Å². The van der Waals surface area contributed by atoms with Crippen LogP contribution in [-0.4, -0.2) is 65.7 Å². The van der Waals surface area contributed by atoms with Crippen LogP contribution in [0, 0.1) is 0 Å². The summed E-state index contributed by atoms with van der Waals surface area (Å²) in [6.07, 6.45) is 2.11. The van der Waals surface area contributed by atoms with E-state index in [0.717, 1.165) is 31.7 Å². The molecule has 0 aliphatic carbocycles. The highest BCUT2D eigenvalue weighted by Crippen LogP contribution is 2.32. The van der Waals surface area contributed by atoms with E-state index < -0.39 is 0 Å². The zero-order chi connectivity index (χ0) is 18.7. The van der Waals surface area contributed by atoms with E-state index in [9.17, 15) is 9.59 Å². The number of thioether (sulfide) groups is 1. The van der Waals surface area contributed by atoms with Gasteiger partial charge in [0, 0.05) is 18.0 Å². The third kappa shape index (κ3) is 4.65. The molecule has 0 atom stereocenters. The number of likely N-dealkylation sites (N-methyl/N-ethyl adjacent to an activating group) is 1. The van der Waals surface area contributed by atoms with E-state index in [2.05, 4.69) is 7.05 Å². The van der Waals surface area contributed by atoms with E-state index in [-0.39, 0.29) is 11.8 Å². The molecular weight excluding hydrogens is 390 g/mol. The minimum absolute atomic E-state index is 0.0910. The summed E-state index contributed by atoms with van der Waals surface area (Å²) in [6, 6.07) is 7.27.